The first-order valence-electron chi connectivity index (χ1n) is 5.54. The standard InChI is InChI=1S/C11H12ClN3OS3/c1-6(8-3-4-9(12)19-8)14-10(16)7(2)18-11-15-13-5-17-11/h3-7H,1-2H3,(H,14,16)/t6-,7-/m1/s1. The molecule has 2 rings (SSSR count). The van der Waals surface area contributed by atoms with Gasteiger partial charge in [0.1, 0.15) is 5.51 Å². The fraction of sp³-hybridized carbons (Fsp3) is 0.364. The SMILES string of the molecule is C[C@@H](Sc1nncs1)C(=O)N[C@H](C)c1ccc(Cl)s1. The van der Waals surface area contributed by atoms with Crippen molar-refractivity contribution >= 4 is 51.9 Å². The van der Waals surface area contributed by atoms with Crippen molar-refractivity contribution in [2.24, 2.45) is 0 Å². The zero-order valence-electron chi connectivity index (χ0n) is 10.3. The van der Waals surface area contributed by atoms with Crippen LogP contribution in [0.15, 0.2) is 22.0 Å². The van der Waals surface area contributed by atoms with E-state index in [0.717, 1.165) is 13.6 Å². The van der Waals surface area contributed by atoms with Gasteiger partial charge in [0.15, 0.2) is 4.34 Å². The lowest BCUT2D eigenvalue weighted by molar-refractivity contribution is -0.120. The largest absolute Gasteiger partial charge is 0.348 e. The first-order chi connectivity index (χ1) is 9.06. The van der Waals surface area contributed by atoms with Crippen molar-refractivity contribution in [1.29, 1.82) is 0 Å². The van der Waals surface area contributed by atoms with Gasteiger partial charge in [0.2, 0.25) is 5.91 Å². The molecule has 0 unspecified atom stereocenters. The second-order valence-electron chi connectivity index (χ2n) is 3.84. The Balaban J connectivity index is 1.89. The van der Waals surface area contributed by atoms with E-state index in [2.05, 4.69) is 15.5 Å². The number of thioether (sulfide) groups is 1. The van der Waals surface area contributed by atoms with Crippen molar-refractivity contribution in [1.82, 2.24) is 15.5 Å². The van der Waals surface area contributed by atoms with Gasteiger partial charge in [-0.05, 0) is 26.0 Å². The predicted octanol–water partition coefficient (Wildman–Crippen LogP) is 3.61. The summed E-state index contributed by atoms with van der Waals surface area (Å²) in [6.07, 6.45) is 0. The van der Waals surface area contributed by atoms with Crippen LogP contribution < -0.4 is 5.32 Å². The van der Waals surface area contributed by atoms with Gasteiger partial charge in [-0.25, -0.2) is 0 Å². The number of nitrogens with zero attached hydrogens (tertiary/aromatic N) is 2. The third-order valence-corrected chi connectivity index (χ3v) is 5.69. The smallest absolute Gasteiger partial charge is 0.233 e. The average Bonchev–Trinajstić information content (AvgIpc) is 3.00. The fourth-order valence-electron chi connectivity index (χ4n) is 1.38. The van der Waals surface area contributed by atoms with E-state index in [1.54, 1.807) is 5.51 Å². The van der Waals surface area contributed by atoms with Gasteiger partial charge in [0, 0.05) is 4.88 Å². The van der Waals surface area contributed by atoms with E-state index in [4.69, 9.17) is 11.6 Å². The summed E-state index contributed by atoms with van der Waals surface area (Å²) in [7, 11) is 0. The Labute approximate surface area is 128 Å². The molecule has 8 heteroatoms. The van der Waals surface area contributed by atoms with Gasteiger partial charge in [-0.1, -0.05) is 34.7 Å². The highest BCUT2D eigenvalue weighted by Crippen LogP contribution is 2.28. The van der Waals surface area contributed by atoms with E-state index in [1.807, 2.05) is 26.0 Å². The quantitative estimate of drug-likeness (QED) is 0.849. The highest BCUT2D eigenvalue weighted by molar-refractivity contribution is 8.02. The molecule has 0 aliphatic rings. The van der Waals surface area contributed by atoms with E-state index < -0.39 is 0 Å². The molecule has 2 atom stereocenters. The molecular formula is C11H12ClN3OS3. The van der Waals surface area contributed by atoms with Crippen molar-refractivity contribution in [2.45, 2.75) is 29.5 Å². The molecule has 2 aromatic rings. The summed E-state index contributed by atoms with van der Waals surface area (Å²) in [5.41, 5.74) is 1.66. The Morgan fingerprint density at radius 1 is 1.47 bits per heavy atom. The van der Waals surface area contributed by atoms with Gasteiger partial charge in [0.05, 0.1) is 15.6 Å². The van der Waals surface area contributed by atoms with Crippen LogP contribution in [0.2, 0.25) is 4.34 Å². The summed E-state index contributed by atoms with van der Waals surface area (Å²) in [5, 5.41) is 10.4. The number of rotatable bonds is 5. The van der Waals surface area contributed by atoms with E-state index in [9.17, 15) is 4.79 Å². The molecule has 2 heterocycles. The maximum Gasteiger partial charge on any atom is 0.233 e. The summed E-state index contributed by atoms with van der Waals surface area (Å²) < 4.78 is 1.53. The Morgan fingerprint density at radius 3 is 2.84 bits per heavy atom. The minimum Gasteiger partial charge on any atom is -0.348 e. The molecule has 0 aliphatic heterocycles. The maximum absolute atomic E-state index is 12.1. The topological polar surface area (TPSA) is 54.9 Å². The molecule has 19 heavy (non-hydrogen) atoms. The van der Waals surface area contributed by atoms with Crippen LogP contribution in [0.1, 0.15) is 24.8 Å². The highest BCUT2D eigenvalue weighted by atomic mass is 35.5. The van der Waals surface area contributed by atoms with Gasteiger partial charge in [0.25, 0.3) is 0 Å². The molecule has 0 aliphatic carbocycles. The molecule has 0 saturated heterocycles. The zero-order valence-corrected chi connectivity index (χ0v) is 13.5. The second kappa shape index (κ2) is 6.69. The molecule has 0 fully saturated rings. The van der Waals surface area contributed by atoms with Crippen LogP contribution in [0.5, 0.6) is 0 Å². The van der Waals surface area contributed by atoms with Crippen LogP contribution in [0.25, 0.3) is 0 Å². The minimum absolute atomic E-state index is 0.0165. The lowest BCUT2D eigenvalue weighted by Crippen LogP contribution is -2.32. The van der Waals surface area contributed by atoms with Gasteiger partial charge < -0.3 is 5.32 Å². The van der Waals surface area contributed by atoms with Crippen molar-refractivity contribution in [3.8, 4) is 0 Å². The molecular weight excluding hydrogens is 322 g/mol. The van der Waals surface area contributed by atoms with Gasteiger partial charge in [-0.3, -0.25) is 4.79 Å². The number of carbonyl (C=O) groups excluding carboxylic acids is 1. The van der Waals surface area contributed by atoms with Crippen molar-refractivity contribution in [2.75, 3.05) is 0 Å². The van der Waals surface area contributed by atoms with Crippen LogP contribution >= 0.6 is 46.0 Å². The van der Waals surface area contributed by atoms with E-state index >= 15 is 0 Å². The Hall–Kier alpha value is -0.630. The highest BCUT2D eigenvalue weighted by Gasteiger charge is 2.19. The molecule has 4 nitrogen and oxygen atoms in total. The summed E-state index contributed by atoms with van der Waals surface area (Å²) in [6.45, 7) is 3.80. The summed E-state index contributed by atoms with van der Waals surface area (Å²) in [4.78, 5) is 13.1. The second-order valence-corrected chi connectivity index (χ2v) is 8.00. The Bertz CT molecular complexity index is 543. The van der Waals surface area contributed by atoms with Crippen LogP contribution in [0.3, 0.4) is 0 Å². The molecule has 1 N–H and O–H groups in total. The summed E-state index contributed by atoms with van der Waals surface area (Å²) in [5.74, 6) is -0.0165. The summed E-state index contributed by atoms with van der Waals surface area (Å²) >= 11 is 10.2. The molecule has 2 aromatic heterocycles. The van der Waals surface area contributed by atoms with Crippen LogP contribution in [0, 0.1) is 0 Å². The van der Waals surface area contributed by atoms with Crippen molar-refractivity contribution in [3.05, 3.63) is 26.9 Å². The maximum atomic E-state index is 12.1. The molecule has 0 saturated carbocycles. The number of aromatic nitrogens is 2. The zero-order chi connectivity index (χ0) is 13.8. The number of halogens is 1. The van der Waals surface area contributed by atoms with Crippen LogP contribution in [-0.4, -0.2) is 21.4 Å². The number of thiophene rings is 1. The molecule has 0 spiro atoms. The molecule has 0 bridgehead atoms. The third kappa shape index (κ3) is 4.17. The normalized spacial score (nSPS) is 14.1. The van der Waals surface area contributed by atoms with Gasteiger partial charge >= 0.3 is 0 Å². The Kier molecular flexibility index (Phi) is 5.20. The minimum atomic E-state index is -0.203. The average molecular weight is 334 g/mol. The first kappa shape index (κ1) is 14.8. The lowest BCUT2D eigenvalue weighted by atomic mass is 10.2. The number of amides is 1. The molecule has 1 amide bonds. The number of hydrogen-bond donors (Lipinski definition) is 1. The van der Waals surface area contributed by atoms with E-state index in [-0.39, 0.29) is 17.2 Å². The fourth-order valence-corrected chi connectivity index (χ4v) is 4.08. The molecule has 102 valence electrons. The lowest BCUT2D eigenvalue weighted by Gasteiger charge is -2.15. The predicted molar refractivity (Wildman–Crippen MR) is 81.1 cm³/mol. The summed E-state index contributed by atoms with van der Waals surface area (Å²) in [6, 6.07) is 3.73. The molecule has 0 radical (unpaired) electrons. The third-order valence-electron chi connectivity index (χ3n) is 2.37. The van der Waals surface area contributed by atoms with Crippen molar-refractivity contribution in [3.63, 3.8) is 0 Å². The number of nitrogens with one attached hydrogen (secondary N) is 1. The van der Waals surface area contributed by atoms with Gasteiger partial charge in [-0.15, -0.1) is 21.5 Å². The number of carbonyl (C=O) groups is 1. The first-order valence-corrected chi connectivity index (χ1v) is 8.50. The number of hydrogen-bond acceptors (Lipinski definition) is 6. The monoisotopic (exact) mass is 333 g/mol. The van der Waals surface area contributed by atoms with Crippen molar-refractivity contribution < 1.29 is 4.79 Å². The Morgan fingerprint density at radius 2 is 2.26 bits per heavy atom. The van der Waals surface area contributed by atoms with Gasteiger partial charge in [-0.2, -0.15) is 0 Å². The van der Waals surface area contributed by atoms with Crippen LogP contribution in [0.4, 0.5) is 0 Å². The molecule has 0 aromatic carbocycles. The van der Waals surface area contributed by atoms with Crippen LogP contribution in [-0.2, 0) is 4.79 Å². The van der Waals surface area contributed by atoms with E-state index in [0.29, 0.717) is 0 Å². The van der Waals surface area contributed by atoms with E-state index in [1.165, 1.54) is 34.4 Å².